The molecule has 0 fully saturated rings. The molecule has 4 rings (SSSR count). The summed E-state index contributed by atoms with van der Waals surface area (Å²) in [4.78, 5) is 0. The van der Waals surface area contributed by atoms with Crippen molar-refractivity contribution in [3.8, 4) is 17.1 Å². The van der Waals surface area contributed by atoms with Gasteiger partial charge in [0.1, 0.15) is 5.82 Å². The molecular formula is C19H16BrN5OS. The van der Waals surface area contributed by atoms with Gasteiger partial charge < -0.3 is 4.42 Å². The molecule has 136 valence electrons. The van der Waals surface area contributed by atoms with Gasteiger partial charge in [-0.25, -0.2) is 0 Å². The van der Waals surface area contributed by atoms with E-state index in [1.807, 2.05) is 35.8 Å². The number of hydrogen-bond donors (Lipinski definition) is 0. The molecular weight excluding hydrogens is 426 g/mol. The van der Waals surface area contributed by atoms with Crippen molar-refractivity contribution >= 4 is 27.7 Å². The third kappa shape index (κ3) is 3.96. The van der Waals surface area contributed by atoms with Crippen molar-refractivity contribution in [1.29, 1.82) is 0 Å². The average Bonchev–Trinajstić information content (AvgIpc) is 3.28. The summed E-state index contributed by atoms with van der Waals surface area (Å²) < 4.78 is 8.81. The Balaban J connectivity index is 1.51. The maximum absolute atomic E-state index is 5.78. The molecule has 0 N–H and O–H groups in total. The first-order valence-corrected chi connectivity index (χ1v) is 10.1. The summed E-state index contributed by atoms with van der Waals surface area (Å²) >= 11 is 4.94. The van der Waals surface area contributed by atoms with Gasteiger partial charge in [-0.3, -0.25) is 4.57 Å². The minimum Gasteiger partial charge on any atom is -0.420 e. The van der Waals surface area contributed by atoms with Crippen LogP contribution >= 0.6 is 27.7 Å². The maximum Gasteiger partial charge on any atom is 0.247 e. The Morgan fingerprint density at radius 3 is 2.41 bits per heavy atom. The largest absolute Gasteiger partial charge is 0.420 e. The van der Waals surface area contributed by atoms with E-state index in [4.69, 9.17) is 4.42 Å². The van der Waals surface area contributed by atoms with Gasteiger partial charge in [0.05, 0.1) is 5.75 Å². The number of benzene rings is 2. The van der Waals surface area contributed by atoms with E-state index in [0.717, 1.165) is 26.7 Å². The van der Waals surface area contributed by atoms with Gasteiger partial charge in [0, 0.05) is 15.7 Å². The summed E-state index contributed by atoms with van der Waals surface area (Å²) in [5.74, 6) is 2.42. The molecule has 0 spiro atoms. The van der Waals surface area contributed by atoms with Crippen LogP contribution in [0, 0.1) is 13.8 Å². The summed E-state index contributed by atoms with van der Waals surface area (Å²) in [6.07, 6.45) is 0. The standard InChI is InChI=1S/C19H16BrN5OS/c1-12-3-9-16(10-4-12)25-13(2)21-24-19(25)27-11-17-22-23-18(26-17)14-5-7-15(20)8-6-14/h3-10H,11H2,1-2H3. The second-order valence-corrected chi connectivity index (χ2v) is 7.86. The van der Waals surface area contributed by atoms with E-state index in [2.05, 4.69) is 67.5 Å². The number of hydrogen-bond acceptors (Lipinski definition) is 6. The highest BCUT2D eigenvalue weighted by Crippen LogP contribution is 2.26. The van der Waals surface area contributed by atoms with Crippen LogP contribution in [0.15, 0.2) is 62.6 Å². The van der Waals surface area contributed by atoms with Crippen LogP contribution in [0.2, 0.25) is 0 Å². The predicted molar refractivity (Wildman–Crippen MR) is 108 cm³/mol. The van der Waals surface area contributed by atoms with Gasteiger partial charge in [-0.2, -0.15) is 0 Å². The quantitative estimate of drug-likeness (QED) is 0.406. The van der Waals surface area contributed by atoms with Crippen LogP contribution < -0.4 is 0 Å². The third-order valence-electron chi connectivity index (χ3n) is 3.97. The van der Waals surface area contributed by atoms with Crippen LogP contribution in [-0.2, 0) is 5.75 Å². The van der Waals surface area contributed by atoms with Crippen molar-refractivity contribution in [2.45, 2.75) is 24.8 Å². The molecule has 2 aromatic carbocycles. The molecule has 2 aromatic heterocycles. The molecule has 6 nitrogen and oxygen atoms in total. The van der Waals surface area contributed by atoms with Crippen molar-refractivity contribution in [2.75, 3.05) is 0 Å². The first kappa shape index (κ1) is 17.9. The van der Waals surface area contributed by atoms with Gasteiger partial charge >= 0.3 is 0 Å². The maximum atomic E-state index is 5.78. The molecule has 27 heavy (non-hydrogen) atoms. The summed E-state index contributed by atoms with van der Waals surface area (Å²) in [6.45, 7) is 4.01. The molecule has 0 saturated heterocycles. The highest BCUT2D eigenvalue weighted by atomic mass is 79.9. The Bertz CT molecular complexity index is 1060. The Morgan fingerprint density at radius 2 is 1.67 bits per heavy atom. The zero-order valence-corrected chi connectivity index (χ0v) is 17.2. The summed E-state index contributed by atoms with van der Waals surface area (Å²) in [6, 6.07) is 16.0. The second kappa shape index (κ2) is 7.66. The molecule has 0 amide bonds. The number of rotatable bonds is 5. The molecule has 2 heterocycles. The number of thioether (sulfide) groups is 1. The van der Waals surface area contributed by atoms with E-state index in [-0.39, 0.29) is 0 Å². The molecule has 0 radical (unpaired) electrons. The highest BCUT2D eigenvalue weighted by molar-refractivity contribution is 9.10. The lowest BCUT2D eigenvalue weighted by atomic mass is 10.2. The summed E-state index contributed by atoms with van der Waals surface area (Å²) in [5, 5.41) is 17.6. The Labute approximate surface area is 169 Å². The fourth-order valence-corrected chi connectivity index (χ4v) is 3.67. The molecule has 4 aromatic rings. The van der Waals surface area contributed by atoms with Gasteiger partial charge in [0.25, 0.3) is 0 Å². The lowest BCUT2D eigenvalue weighted by molar-refractivity contribution is 0.528. The van der Waals surface area contributed by atoms with Crippen LogP contribution in [-0.4, -0.2) is 25.0 Å². The van der Waals surface area contributed by atoms with Crippen molar-refractivity contribution in [3.05, 3.63) is 70.3 Å². The average molecular weight is 442 g/mol. The molecule has 0 saturated carbocycles. The Morgan fingerprint density at radius 1 is 0.926 bits per heavy atom. The SMILES string of the molecule is Cc1ccc(-n2c(C)nnc2SCc2nnc(-c3ccc(Br)cc3)o2)cc1. The van der Waals surface area contributed by atoms with E-state index < -0.39 is 0 Å². The van der Waals surface area contributed by atoms with E-state index in [1.54, 1.807) is 0 Å². The number of nitrogens with zero attached hydrogens (tertiary/aromatic N) is 5. The second-order valence-electron chi connectivity index (χ2n) is 6.00. The lowest BCUT2D eigenvalue weighted by Gasteiger charge is -2.07. The van der Waals surface area contributed by atoms with Crippen LogP contribution in [0.3, 0.4) is 0 Å². The molecule has 0 bridgehead atoms. The predicted octanol–water partition coefficient (Wildman–Crippen LogP) is 4.99. The summed E-state index contributed by atoms with van der Waals surface area (Å²) in [5.41, 5.74) is 3.14. The smallest absolute Gasteiger partial charge is 0.247 e. The van der Waals surface area contributed by atoms with Crippen LogP contribution in [0.1, 0.15) is 17.3 Å². The van der Waals surface area contributed by atoms with E-state index in [1.165, 1.54) is 17.3 Å². The van der Waals surface area contributed by atoms with Crippen molar-refractivity contribution < 1.29 is 4.42 Å². The van der Waals surface area contributed by atoms with Gasteiger partial charge in [0.2, 0.25) is 11.8 Å². The fourth-order valence-electron chi connectivity index (χ4n) is 2.57. The van der Waals surface area contributed by atoms with Crippen LogP contribution in [0.4, 0.5) is 0 Å². The first-order chi connectivity index (χ1) is 13.1. The van der Waals surface area contributed by atoms with Crippen molar-refractivity contribution in [3.63, 3.8) is 0 Å². The Kier molecular flexibility index (Phi) is 5.09. The number of aryl methyl sites for hydroxylation is 2. The van der Waals surface area contributed by atoms with Gasteiger partial charge in [-0.15, -0.1) is 20.4 Å². The molecule has 0 unspecified atom stereocenters. The van der Waals surface area contributed by atoms with Gasteiger partial charge in [-0.05, 0) is 50.2 Å². The van der Waals surface area contributed by atoms with Crippen molar-refractivity contribution in [2.24, 2.45) is 0 Å². The van der Waals surface area contributed by atoms with E-state index in [0.29, 0.717) is 17.5 Å². The monoisotopic (exact) mass is 441 g/mol. The summed E-state index contributed by atoms with van der Waals surface area (Å²) in [7, 11) is 0. The Hall–Kier alpha value is -2.45. The molecule has 0 aliphatic rings. The first-order valence-electron chi connectivity index (χ1n) is 8.30. The van der Waals surface area contributed by atoms with Crippen molar-refractivity contribution in [1.82, 2.24) is 25.0 Å². The fraction of sp³-hybridized carbons (Fsp3) is 0.158. The van der Waals surface area contributed by atoms with Gasteiger partial charge in [-0.1, -0.05) is 45.4 Å². The zero-order chi connectivity index (χ0) is 18.8. The topological polar surface area (TPSA) is 69.6 Å². The van der Waals surface area contributed by atoms with E-state index >= 15 is 0 Å². The third-order valence-corrected chi connectivity index (χ3v) is 5.41. The van der Waals surface area contributed by atoms with Crippen LogP contribution in [0.5, 0.6) is 0 Å². The molecule has 0 atom stereocenters. The zero-order valence-electron chi connectivity index (χ0n) is 14.8. The molecule has 0 aliphatic carbocycles. The number of aromatic nitrogens is 5. The van der Waals surface area contributed by atoms with Crippen LogP contribution in [0.25, 0.3) is 17.1 Å². The molecule has 0 aliphatic heterocycles. The normalized spacial score (nSPS) is 11.1. The number of halogens is 1. The van der Waals surface area contributed by atoms with E-state index in [9.17, 15) is 0 Å². The minimum absolute atomic E-state index is 0.509. The van der Waals surface area contributed by atoms with Gasteiger partial charge in [0.15, 0.2) is 5.16 Å². The molecule has 8 heteroatoms. The highest BCUT2D eigenvalue weighted by Gasteiger charge is 2.14. The lowest BCUT2D eigenvalue weighted by Crippen LogP contribution is -1.99. The minimum atomic E-state index is 0.509.